The molecule has 0 aliphatic carbocycles. The number of carbonyl (C=O) groups is 1. The lowest BCUT2D eigenvalue weighted by molar-refractivity contribution is -0.126. The summed E-state index contributed by atoms with van der Waals surface area (Å²) in [5.41, 5.74) is 7.77. The van der Waals surface area contributed by atoms with Gasteiger partial charge in [0.25, 0.3) is 0 Å². The Balaban J connectivity index is 1.47. The molecular weight excluding hydrogens is 396 g/mol. The molecule has 2 aromatic heterocycles. The summed E-state index contributed by atoms with van der Waals surface area (Å²) in [5, 5.41) is 0.704. The molecule has 1 saturated heterocycles. The van der Waals surface area contributed by atoms with E-state index in [2.05, 4.69) is 15.0 Å². The maximum absolute atomic E-state index is 12.5. The number of carbonyl (C=O) groups excluding carboxylic acids is 1. The smallest absolute Gasteiger partial charge is 0.246 e. The van der Waals surface area contributed by atoms with Crippen LogP contribution in [0.25, 0.3) is 17.0 Å². The Morgan fingerprint density at radius 1 is 1.10 bits per heavy atom. The number of aromatic nitrogens is 3. The van der Waals surface area contributed by atoms with Crippen molar-refractivity contribution in [3.05, 3.63) is 48.3 Å². The molecule has 0 unspecified atom stereocenters. The molecule has 3 aromatic rings. The number of rotatable bonds is 5. The summed E-state index contributed by atoms with van der Waals surface area (Å²) >= 11 is 0. The maximum Gasteiger partial charge on any atom is 0.246 e. The summed E-state index contributed by atoms with van der Waals surface area (Å²) in [6.45, 7) is 2.38. The number of methoxy groups -OCH3 is 2. The number of piperazine rings is 1. The number of ether oxygens (including phenoxy) is 2. The third-order valence-corrected chi connectivity index (χ3v) is 5.20. The van der Waals surface area contributed by atoms with Crippen molar-refractivity contribution >= 4 is 34.7 Å². The van der Waals surface area contributed by atoms with E-state index in [9.17, 15) is 4.79 Å². The molecule has 1 fully saturated rings. The van der Waals surface area contributed by atoms with Gasteiger partial charge in [-0.1, -0.05) is 6.07 Å². The van der Waals surface area contributed by atoms with Crippen LogP contribution in [-0.4, -0.2) is 66.2 Å². The number of nitrogen functional groups attached to an aromatic ring is 1. The highest BCUT2D eigenvalue weighted by Gasteiger charge is 2.22. The van der Waals surface area contributed by atoms with Gasteiger partial charge in [0.15, 0.2) is 11.5 Å². The average Bonchev–Trinajstić information content (AvgIpc) is 2.82. The molecule has 9 nitrogen and oxygen atoms in total. The van der Waals surface area contributed by atoms with Crippen molar-refractivity contribution in [1.82, 2.24) is 19.9 Å². The first kappa shape index (κ1) is 20.4. The molecule has 1 aliphatic rings. The van der Waals surface area contributed by atoms with E-state index in [1.165, 1.54) is 0 Å². The molecule has 1 amide bonds. The van der Waals surface area contributed by atoms with Crippen LogP contribution in [0, 0.1) is 0 Å². The molecule has 9 heteroatoms. The van der Waals surface area contributed by atoms with Gasteiger partial charge in [0.1, 0.15) is 5.82 Å². The van der Waals surface area contributed by atoms with Gasteiger partial charge in [-0.25, -0.2) is 4.98 Å². The quantitative estimate of drug-likeness (QED) is 0.625. The molecule has 1 aliphatic heterocycles. The highest BCUT2D eigenvalue weighted by Crippen LogP contribution is 2.34. The summed E-state index contributed by atoms with van der Waals surface area (Å²) < 4.78 is 10.7. The van der Waals surface area contributed by atoms with E-state index >= 15 is 0 Å². The zero-order valence-corrected chi connectivity index (χ0v) is 17.5. The number of nitrogens with zero attached hydrogens (tertiary/aromatic N) is 5. The number of benzene rings is 1. The van der Waals surface area contributed by atoms with Gasteiger partial charge in [-0.3, -0.25) is 9.78 Å². The van der Waals surface area contributed by atoms with Crippen molar-refractivity contribution in [1.29, 1.82) is 0 Å². The van der Waals surface area contributed by atoms with Crippen LogP contribution in [0.3, 0.4) is 0 Å². The third kappa shape index (κ3) is 4.35. The van der Waals surface area contributed by atoms with E-state index in [1.54, 1.807) is 50.9 Å². The zero-order chi connectivity index (χ0) is 21.8. The predicted molar refractivity (Wildman–Crippen MR) is 119 cm³/mol. The molecule has 3 heterocycles. The fraction of sp³-hybridized carbons (Fsp3) is 0.273. The molecule has 1 aromatic carbocycles. The van der Waals surface area contributed by atoms with Gasteiger partial charge in [-0.05, 0) is 23.8 Å². The van der Waals surface area contributed by atoms with Gasteiger partial charge in [0.2, 0.25) is 11.9 Å². The van der Waals surface area contributed by atoms with Gasteiger partial charge in [0, 0.05) is 56.1 Å². The molecular formula is C22H24N6O3. The predicted octanol–water partition coefficient (Wildman–Crippen LogP) is 1.99. The lowest BCUT2D eigenvalue weighted by atomic mass is 10.2. The largest absolute Gasteiger partial charge is 0.493 e. The summed E-state index contributed by atoms with van der Waals surface area (Å²) in [6, 6.07) is 7.31. The zero-order valence-electron chi connectivity index (χ0n) is 17.5. The number of anilines is 2. The van der Waals surface area contributed by atoms with E-state index in [4.69, 9.17) is 15.2 Å². The van der Waals surface area contributed by atoms with Crippen molar-refractivity contribution in [2.24, 2.45) is 0 Å². The molecule has 0 bridgehead atoms. The van der Waals surface area contributed by atoms with Crippen molar-refractivity contribution < 1.29 is 14.3 Å². The first-order valence-electron chi connectivity index (χ1n) is 9.90. The molecule has 4 rings (SSSR count). The van der Waals surface area contributed by atoms with Crippen LogP contribution in [0.4, 0.5) is 11.8 Å². The van der Waals surface area contributed by atoms with E-state index in [0.29, 0.717) is 60.3 Å². The van der Waals surface area contributed by atoms with Crippen LogP contribution >= 0.6 is 0 Å². The van der Waals surface area contributed by atoms with Crippen LogP contribution in [0.15, 0.2) is 42.7 Å². The fourth-order valence-corrected chi connectivity index (χ4v) is 3.48. The first-order chi connectivity index (χ1) is 15.1. The standard InChI is InChI=1S/C22H24N6O3/c1-30-18-12-16-17(13-19(18)31-2)25-22(26-21(16)23)28-10-8-27(9-11-28)20(29)6-5-15-4-3-7-24-14-15/h3-7,12-14H,8-11H2,1-2H3,(H2,23,25,26). The van der Waals surface area contributed by atoms with Gasteiger partial charge >= 0.3 is 0 Å². The van der Waals surface area contributed by atoms with Crippen LogP contribution in [0.2, 0.25) is 0 Å². The van der Waals surface area contributed by atoms with E-state index in [0.717, 1.165) is 5.56 Å². The number of nitrogens with two attached hydrogens (primary N) is 1. The van der Waals surface area contributed by atoms with Crippen LogP contribution in [0.1, 0.15) is 5.56 Å². The molecule has 0 atom stereocenters. The third-order valence-electron chi connectivity index (χ3n) is 5.20. The highest BCUT2D eigenvalue weighted by molar-refractivity contribution is 5.92. The van der Waals surface area contributed by atoms with Crippen molar-refractivity contribution in [2.45, 2.75) is 0 Å². The van der Waals surface area contributed by atoms with Crippen LogP contribution in [0.5, 0.6) is 11.5 Å². The van der Waals surface area contributed by atoms with Gasteiger partial charge < -0.3 is 25.0 Å². The molecule has 0 spiro atoms. The molecule has 2 N–H and O–H groups in total. The Hall–Kier alpha value is -3.88. The number of amides is 1. The van der Waals surface area contributed by atoms with Gasteiger partial charge in [-0.15, -0.1) is 0 Å². The van der Waals surface area contributed by atoms with Gasteiger partial charge in [-0.2, -0.15) is 4.98 Å². The Bertz CT molecular complexity index is 1110. The number of pyridine rings is 1. The minimum Gasteiger partial charge on any atom is -0.493 e. The summed E-state index contributed by atoms with van der Waals surface area (Å²) in [6.07, 6.45) is 6.77. The fourth-order valence-electron chi connectivity index (χ4n) is 3.48. The Morgan fingerprint density at radius 2 is 1.84 bits per heavy atom. The van der Waals surface area contributed by atoms with Gasteiger partial charge in [0.05, 0.1) is 19.7 Å². The van der Waals surface area contributed by atoms with Crippen molar-refractivity contribution in [3.63, 3.8) is 0 Å². The minimum atomic E-state index is -0.0284. The van der Waals surface area contributed by atoms with Crippen molar-refractivity contribution in [2.75, 3.05) is 51.0 Å². The summed E-state index contributed by atoms with van der Waals surface area (Å²) in [4.78, 5) is 29.5. The van der Waals surface area contributed by atoms with E-state index in [1.807, 2.05) is 21.9 Å². The molecule has 160 valence electrons. The topological polar surface area (TPSA) is 107 Å². The van der Waals surface area contributed by atoms with Crippen LogP contribution in [-0.2, 0) is 4.79 Å². The van der Waals surface area contributed by atoms with E-state index < -0.39 is 0 Å². The number of hydrogen-bond donors (Lipinski definition) is 1. The van der Waals surface area contributed by atoms with E-state index in [-0.39, 0.29) is 5.91 Å². The Kier molecular flexibility index (Phi) is 5.83. The van der Waals surface area contributed by atoms with Crippen molar-refractivity contribution in [3.8, 4) is 11.5 Å². The Labute approximate surface area is 180 Å². The number of fused-ring (bicyclic) bond motifs is 1. The lowest BCUT2D eigenvalue weighted by Crippen LogP contribution is -2.48. The first-order valence-corrected chi connectivity index (χ1v) is 9.90. The normalized spacial score (nSPS) is 14.3. The monoisotopic (exact) mass is 420 g/mol. The molecule has 0 saturated carbocycles. The second-order valence-electron chi connectivity index (χ2n) is 7.07. The maximum atomic E-state index is 12.5. The average molecular weight is 420 g/mol. The number of hydrogen-bond acceptors (Lipinski definition) is 8. The molecule has 0 radical (unpaired) electrons. The minimum absolute atomic E-state index is 0.0284. The van der Waals surface area contributed by atoms with Crippen LogP contribution < -0.4 is 20.1 Å². The highest BCUT2D eigenvalue weighted by atomic mass is 16.5. The lowest BCUT2D eigenvalue weighted by Gasteiger charge is -2.34. The molecule has 31 heavy (non-hydrogen) atoms. The second-order valence-corrected chi connectivity index (χ2v) is 7.07. The summed E-state index contributed by atoms with van der Waals surface area (Å²) in [5.74, 6) is 2.03. The SMILES string of the molecule is COc1cc2nc(N3CCN(C(=O)C=Cc4cccnc4)CC3)nc(N)c2cc1OC. The summed E-state index contributed by atoms with van der Waals surface area (Å²) in [7, 11) is 3.15. The second kappa shape index (κ2) is 8.86. The Morgan fingerprint density at radius 3 is 2.52 bits per heavy atom.